The molecule has 2 N–H and O–H groups in total. The van der Waals surface area contributed by atoms with E-state index in [9.17, 15) is 5.11 Å². The number of aliphatic hydroxyl groups is 1. The van der Waals surface area contributed by atoms with Crippen molar-refractivity contribution in [1.82, 2.24) is 5.32 Å². The lowest BCUT2D eigenvalue weighted by molar-refractivity contribution is 0.0243. The maximum Gasteiger partial charge on any atom is 0.118 e. The SMILES string of the molecule is CCNCC(C)C(O)(c1ccccc1)c1ccccc1. The minimum atomic E-state index is -0.968. The van der Waals surface area contributed by atoms with Crippen LogP contribution in [0.1, 0.15) is 25.0 Å². The van der Waals surface area contributed by atoms with Crippen molar-refractivity contribution >= 4 is 0 Å². The topological polar surface area (TPSA) is 32.3 Å². The first kappa shape index (κ1) is 14.8. The Morgan fingerprint density at radius 1 is 0.950 bits per heavy atom. The van der Waals surface area contributed by atoms with E-state index in [0.717, 1.165) is 24.2 Å². The Morgan fingerprint density at radius 2 is 1.40 bits per heavy atom. The molecule has 0 bridgehead atoms. The molecule has 0 amide bonds. The van der Waals surface area contributed by atoms with E-state index in [1.165, 1.54) is 0 Å². The molecule has 106 valence electrons. The molecule has 0 aliphatic rings. The van der Waals surface area contributed by atoms with Gasteiger partial charge in [-0.3, -0.25) is 0 Å². The Balaban J connectivity index is 2.43. The molecule has 0 fully saturated rings. The van der Waals surface area contributed by atoms with Gasteiger partial charge in [0, 0.05) is 12.5 Å². The van der Waals surface area contributed by atoms with Crippen molar-refractivity contribution in [3.63, 3.8) is 0 Å². The van der Waals surface area contributed by atoms with Gasteiger partial charge in [0.25, 0.3) is 0 Å². The number of rotatable bonds is 6. The molecule has 2 aromatic rings. The normalized spacial score (nSPS) is 13.2. The molecule has 2 nitrogen and oxygen atoms in total. The van der Waals surface area contributed by atoms with Crippen LogP contribution in [0.15, 0.2) is 60.7 Å². The van der Waals surface area contributed by atoms with Gasteiger partial charge >= 0.3 is 0 Å². The van der Waals surface area contributed by atoms with Crippen LogP contribution in [0.25, 0.3) is 0 Å². The molecule has 1 unspecified atom stereocenters. The average Bonchev–Trinajstić information content (AvgIpc) is 2.53. The monoisotopic (exact) mass is 269 g/mol. The first-order valence-corrected chi connectivity index (χ1v) is 7.23. The van der Waals surface area contributed by atoms with Gasteiger partial charge in [0.1, 0.15) is 5.60 Å². The van der Waals surface area contributed by atoms with Crippen LogP contribution in [0.3, 0.4) is 0 Å². The highest BCUT2D eigenvalue weighted by Crippen LogP contribution is 2.36. The third-order valence-corrected chi connectivity index (χ3v) is 3.84. The fraction of sp³-hybridized carbons (Fsp3) is 0.333. The van der Waals surface area contributed by atoms with Gasteiger partial charge in [0.15, 0.2) is 0 Å². The summed E-state index contributed by atoms with van der Waals surface area (Å²) >= 11 is 0. The van der Waals surface area contributed by atoms with E-state index in [4.69, 9.17) is 0 Å². The van der Waals surface area contributed by atoms with Crippen LogP contribution in [0.4, 0.5) is 0 Å². The third kappa shape index (κ3) is 2.92. The lowest BCUT2D eigenvalue weighted by Crippen LogP contribution is -2.40. The second kappa shape index (κ2) is 6.69. The smallest absolute Gasteiger partial charge is 0.118 e. The van der Waals surface area contributed by atoms with Gasteiger partial charge in [-0.15, -0.1) is 0 Å². The summed E-state index contributed by atoms with van der Waals surface area (Å²) in [5.41, 5.74) is 0.915. The standard InChI is InChI=1S/C18H23NO/c1-3-19-14-15(2)18(20,16-10-6-4-7-11-16)17-12-8-5-9-13-17/h4-13,15,19-20H,3,14H2,1-2H3. The van der Waals surface area contributed by atoms with E-state index in [0.29, 0.717) is 0 Å². The van der Waals surface area contributed by atoms with Crippen molar-refractivity contribution in [1.29, 1.82) is 0 Å². The van der Waals surface area contributed by atoms with Crippen molar-refractivity contribution in [3.05, 3.63) is 71.8 Å². The summed E-state index contributed by atoms with van der Waals surface area (Å²) in [6, 6.07) is 19.8. The largest absolute Gasteiger partial charge is 0.380 e. The quantitative estimate of drug-likeness (QED) is 0.844. The Bertz CT molecular complexity index is 470. The van der Waals surface area contributed by atoms with Gasteiger partial charge in [-0.2, -0.15) is 0 Å². The van der Waals surface area contributed by atoms with Crippen LogP contribution in [0.2, 0.25) is 0 Å². The summed E-state index contributed by atoms with van der Waals surface area (Å²) < 4.78 is 0. The first-order chi connectivity index (χ1) is 9.69. The Morgan fingerprint density at radius 3 is 1.80 bits per heavy atom. The summed E-state index contributed by atoms with van der Waals surface area (Å²) in [6.07, 6.45) is 0. The highest BCUT2D eigenvalue weighted by molar-refractivity contribution is 5.36. The van der Waals surface area contributed by atoms with E-state index in [1.807, 2.05) is 60.7 Å². The molecule has 0 saturated carbocycles. The summed E-state index contributed by atoms with van der Waals surface area (Å²) in [7, 11) is 0. The fourth-order valence-electron chi connectivity index (χ4n) is 2.63. The van der Waals surface area contributed by atoms with Crippen molar-refractivity contribution in [2.45, 2.75) is 19.4 Å². The molecular weight excluding hydrogens is 246 g/mol. The van der Waals surface area contributed by atoms with Gasteiger partial charge in [-0.1, -0.05) is 74.5 Å². The van der Waals surface area contributed by atoms with Crippen LogP contribution in [-0.4, -0.2) is 18.2 Å². The lowest BCUT2D eigenvalue weighted by atomic mass is 9.77. The maximum absolute atomic E-state index is 11.4. The number of hydrogen-bond acceptors (Lipinski definition) is 2. The molecule has 0 saturated heterocycles. The Hall–Kier alpha value is -1.64. The van der Waals surface area contributed by atoms with E-state index in [-0.39, 0.29) is 5.92 Å². The molecule has 0 radical (unpaired) electrons. The van der Waals surface area contributed by atoms with Gasteiger partial charge < -0.3 is 10.4 Å². The molecular formula is C18H23NO. The van der Waals surface area contributed by atoms with Crippen molar-refractivity contribution in [3.8, 4) is 0 Å². The van der Waals surface area contributed by atoms with Crippen LogP contribution in [0, 0.1) is 5.92 Å². The average molecular weight is 269 g/mol. The molecule has 0 heterocycles. The molecule has 0 spiro atoms. The molecule has 0 aliphatic carbocycles. The van der Waals surface area contributed by atoms with Gasteiger partial charge in [-0.25, -0.2) is 0 Å². The lowest BCUT2D eigenvalue weighted by Gasteiger charge is -2.35. The summed E-state index contributed by atoms with van der Waals surface area (Å²) in [6.45, 7) is 5.85. The van der Waals surface area contributed by atoms with Crippen LogP contribution >= 0.6 is 0 Å². The van der Waals surface area contributed by atoms with Crippen LogP contribution in [0.5, 0.6) is 0 Å². The predicted molar refractivity (Wildman–Crippen MR) is 83.6 cm³/mol. The van der Waals surface area contributed by atoms with E-state index >= 15 is 0 Å². The number of benzene rings is 2. The number of nitrogens with one attached hydrogen (secondary N) is 1. The van der Waals surface area contributed by atoms with Crippen molar-refractivity contribution in [2.75, 3.05) is 13.1 Å². The molecule has 2 heteroatoms. The zero-order chi connectivity index (χ0) is 14.4. The fourth-order valence-corrected chi connectivity index (χ4v) is 2.63. The van der Waals surface area contributed by atoms with Gasteiger partial charge in [0.2, 0.25) is 0 Å². The minimum absolute atomic E-state index is 0.0762. The van der Waals surface area contributed by atoms with E-state index in [2.05, 4.69) is 19.2 Å². The van der Waals surface area contributed by atoms with E-state index < -0.39 is 5.60 Å². The van der Waals surface area contributed by atoms with Gasteiger partial charge in [0.05, 0.1) is 0 Å². The third-order valence-electron chi connectivity index (χ3n) is 3.84. The second-order valence-electron chi connectivity index (χ2n) is 5.21. The second-order valence-corrected chi connectivity index (χ2v) is 5.21. The Labute approximate surface area is 121 Å². The highest BCUT2D eigenvalue weighted by Gasteiger charge is 2.36. The molecule has 2 rings (SSSR count). The van der Waals surface area contributed by atoms with Gasteiger partial charge in [-0.05, 0) is 17.7 Å². The maximum atomic E-state index is 11.4. The zero-order valence-corrected chi connectivity index (χ0v) is 12.2. The predicted octanol–water partition coefficient (Wildman–Crippen LogP) is 3.17. The first-order valence-electron chi connectivity index (χ1n) is 7.23. The van der Waals surface area contributed by atoms with Crippen molar-refractivity contribution < 1.29 is 5.11 Å². The summed E-state index contributed by atoms with van der Waals surface area (Å²) in [5.74, 6) is 0.0762. The molecule has 0 aliphatic heterocycles. The molecule has 20 heavy (non-hydrogen) atoms. The summed E-state index contributed by atoms with van der Waals surface area (Å²) in [5, 5.41) is 14.7. The van der Waals surface area contributed by atoms with E-state index in [1.54, 1.807) is 0 Å². The van der Waals surface area contributed by atoms with Crippen molar-refractivity contribution in [2.24, 2.45) is 5.92 Å². The zero-order valence-electron chi connectivity index (χ0n) is 12.2. The van der Waals surface area contributed by atoms with Crippen LogP contribution in [-0.2, 0) is 5.60 Å². The number of hydrogen-bond donors (Lipinski definition) is 2. The molecule has 0 aromatic heterocycles. The Kier molecular flexibility index (Phi) is 4.94. The van der Waals surface area contributed by atoms with Crippen LogP contribution < -0.4 is 5.32 Å². The molecule has 1 atom stereocenters. The summed E-state index contributed by atoms with van der Waals surface area (Å²) in [4.78, 5) is 0. The highest BCUT2D eigenvalue weighted by atomic mass is 16.3. The molecule has 2 aromatic carbocycles. The minimum Gasteiger partial charge on any atom is -0.380 e.